The average Bonchev–Trinajstić information content (AvgIpc) is 3.06. The molecule has 0 radical (unpaired) electrons. The van der Waals surface area contributed by atoms with E-state index < -0.39 is 5.97 Å². The zero-order chi connectivity index (χ0) is 16.1. The number of para-hydroxylation sites is 1. The number of aliphatic hydroxyl groups is 1. The number of aliphatic hydroxyl groups excluding tert-OH is 1. The van der Waals surface area contributed by atoms with Crippen LogP contribution < -0.4 is 5.01 Å². The molecule has 0 aromatic heterocycles. The molecule has 2 aromatic rings. The number of ether oxygens (including phenoxy) is 1. The molecule has 0 amide bonds. The number of nitrogens with zero attached hydrogens (tertiary/aromatic N) is 2. The summed E-state index contributed by atoms with van der Waals surface area (Å²) in [7, 11) is 0. The molecule has 5 heteroatoms. The second-order valence-electron chi connectivity index (χ2n) is 5.22. The quantitative estimate of drug-likeness (QED) is 0.862. The molecule has 2 aromatic carbocycles. The van der Waals surface area contributed by atoms with Crippen molar-refractivity contribution in [2.45, 2.75) is 12.5 Å². The molecule has 118 valence electrons. The number of anilines is 1. The molecule has 0 spiro atoms. The van der Waals surface area contributed by atoms with Gasteiger partial charge in [0.2, 0.25) is 0 Å². The van der Waals surface area contributed by atoms with Crippen molar-refractivity contribution in [2.24, 2.45) is 5.10 Å². The van der Waals surface area contributed by atoms with Crippen molar-refractivity contribution < 1.29 is 14.6 Å². The van der Waals surface area contributed by atoms with Gasteiger partial charge in [-0.15, -0.1) is 0 Å². The summed E-state index contributed by atoms with van der Waals surface area (Å²) in [5.41, 5.74) is 2.38. The zero-order valence-corrected chi connectivity index (χ0v) is 12.6. The summed E-state index contributed by atoms with van der Waals surface area (Å²) in [4.78, 5) is 12.1. The van der Waals surface area contributed by atoms with E-state index in [-0.39, 0.29) is 19.3 Å². The van der Waals surface area contributed by atoms with Crippen molar-refractivity contribution in [3.63, 3.8) is 0 Å². The SMILES string of the molecule is O=C(OCCO)C1=NN(c2ccccc2)[C@@H](c2ccccc2)C1. The van der Waals surface area contributed by atoms with E-state index in [0.717, 1.165) is 11.3 Å². The summed E-state index contributed by atoms with van der Waals surface area (Å²) in [6.07, 6.45) is 0.475. The molecule has 1 aliphatic rings. The highest BCUT2D eigenvalue weighted by molar-refractivity contribution is 6.37. The highest BCUT2D eigenvalue weighted by atomic mass is 16.5. The van der Waals surface area contributed by atoms with Crippen molar-refractivity contribution in [3.05, 3.63) is 66.2 Å². The molecule has 0 bridgehead atoms. The average molecular weight is 310 g/mol. The van der Waals surface area contributed by atoms with Crippen molar-refractivity contribution in [1.29, 1.82) is 0 Å². The van der Waals surface area contributed by atoms with Crippen molar-refractivity contribution >= 4 is 17.4 Å². The number of benzene rings is 2. The third-order valence-corrected chi connectivity index (χ3v) is 3.68. The Balaban J connectivity index is 1.89. The van der Waals surface area contributed by atoms with Gasteiger partial charge in [0.25, 0.3) is 0 Å². The molecule has 0 aliphatic carbocycles. The molecule has 23 heavy (non-hydrogen) atoms. The lowest BCUT2D eigenvalue weighted by Crippen LogP contribution is -2.19. The van der Waals surface area contributed by atoms with Gasteiger partial charge in [0.05, 0.1) is 18.3 Å². The van der Waals surface area contributed by atoms with Crippen LogP contribution in [0.25, 0.3) is 0 Å². The number of carbonyl (C=O) groups excluding carboxylic acids is 1. The first-order valence-corrected chi connectivity index (χ1v) is 7.54. The third kappa shape index (κ3) is 3.40. The zero-order valence-electron chi connectivity index (χ0n) is 12.6. The number of hydrazone groups is 1. The topological polar surface area (TPSA) is 62.1 Å². The second kappa shape index (κ2) is 7.07. The Morgan fingerprint density at radius 2 is 1.78 bits per heavy atom. The van der Waals surface area contributed by atoms with Crippen LogP contribution >= 0.6 is 0 Å². The van der Waals surface area contributed by atoms with Gasteiger partial charge in [0, 0.05) is 6.42 Å². The van der Waals surface area contributed by atoms with Gasteiger partial charge in [-0.25, -0.2) is 4.79 Å². The third-order valence-electron chi connectivity index (χ3n) is 3.68. The lowest BCUT2D eigenvalue weighted by molar-refractivity contribution is -0.136. The smallest absolute Gasteiger partial charge is 0.354 e. The molecule has 0 fully saturated rings. The summed E-state index contributed by atoms with van der Waals surface area (Å²) in [5, 5.41) is 15.1. The van der Waals surface area contributed by atoms with Crippen molar-refractivity contribution in [2.75, 3.05) is 18.2 Å². The van der Waals surface area contributed by atoms with Crippen LogP contribution in [-0.4, -0.2) is 30.0 Å². The molecular weight excluding hydrogens is 292 g/mol. The second-order valence-corrected chi connectivity index (χ2v) is 5.22. The molecule has 1 N–H and O–H groups in total. The molecule has 3 rings (SSSR count). The molecule has 1 aliphatic heterocycles. The maximum Gasteiger partial charge on any atom is 0.354 e. The maximum atomic E-state index is 12.1. The summed E-state index contributed by atoms with van der Waals surface area (Å²) in [6.45, 7) is -0.206. The summed E-state index contributed by atoms with van der Waals surface area (Å²) < 4.78 is 5.00. The summed E-state index contributed by atoms with van der Waals surface area (Å²) >= 11 is 0. The van der Waals surface area contributed by atoms with Crippen LogP contribution in [-0.2, 0) is 9.53 Å². The van der Waals surface area contributed by atoms with Gasteiger partial charge < -0.3 is 9.84 Å². The predicted octanol–water partition coefficient (Wildman–Crippen LogP) is 2.53. The van der Waals surface area contributed by atoms with Crippen LogP contribution in [0, 0.1) is 0 Å². The fraction of sp³-hybridized carbons (Fsp3) is 0.222. The molecule has 5 nitrogen and oxygen atoms in total. The van der Waals surface area contributed by atoms with E-state index in [1.165, 1.54) is 0 Å². The fourth-order valence-corrected chi connectivity index (χ4v) is 2.61. The number of rotatable bonds is 5. The molecular formula is C18H18N2O3. The Hall–Kier alpha value is -2.66. The number of hydrogen-bond donors (Lipinski definition) is 1. The van der Waals surface area contributed by atoms with E-state index in [1.807, 2.05) is 65.7 Å². The number of hydrogen-bond acceptors (Lipinski definition) is 5. The highest BCUT2D eigenvalue weighted by Gasteiger charge is 2.32. The van der Waals surface area contributed by atoms with Crippen LogP contribution in [0.3, 0.4) is 0 Å². The first-order chi connectivity index (χ1) is 11.3. The normalized spacial score (nSPS) is 17.0. The first kappa shape index (κ1) is 15.2. The maximum absolute atomic E-state index is 12.1. The van der Waals surface area contributed by atoms with Crippen molar-refractivity contribution in [1.82, 2.24) is 0 Å². The monoisotopic (exact) mass is 310 g/mol. The summed E-state index contributed by atoms with van der Waals surface area (Å²) in [5.74, 6) is -0.474. The van der Waals surface area contributed by atoms with E-state index in [1.54, 1.807) is 0 Å². The minimum atomic E-state index is -0.474. The predicted molar refractivity (Wildman–Crippen MR) is 88.2 cm³/mol. The Morgan fingerprint density at radius 3 is 2.43 bits per heavy atom. The van der Waals surface area contributed by atoms with Crippen LogP contribution in [0.15, 0.2) is 65.8 Å². The first-order valence-electron chi connectivity index (χ1n) is 7.54. The van der Waals surface area contributed by atoms with Gasteiger partial charge >= 0.3 is 5.97 Å². The van der Waals surface area contributed by atoms with E-state index in [2.05, 4.69) is 5.10 Å². The van der Waals surface area contributed by atoms with Gasteiger partial charge in [0.15, 0.2) is 0 Å². The highest BCUT2D eigenvalue weighted by Crippen LogP contribution is 2.35. The molecule has 1 atom stereocenters. The van der Waals surface area contributed by atoms with Gasteiger partial charge in [-0.3, -0.25) is 5.01 Å². The number of carbonyl (C=O) groups is 1. The van der Waals surface area contributed by atoms with E-state index in [9.17, 15) is 4.79 Å². The molecule has 0 saturated heterocycles. The van der Waals surface area contributed by atoms with Gasteiger partial charge in [0.1, 0.15) is 12.3 Å². The minimum absolute atomic E-state index is 0.0147. The Labute approximate surface area is 134 Å². The molecule has 0 unspecified atom stereocenters. The van der Waals surface area contributed by atoms with Crippen LogP contribution in [0.5, 0.6) is 0 Å². The van der Waals surface area contributed by atoms with Gasteiger partial charge in [-0.2, -0.15) is 5.10 Å². The Kier molecular flexibility index (Phi) is 4.68. The molecule has 1 heterocycles. The lowest BCUT2D eigenvalue weighted by Gasteiger charge is -2.23. The largest absolute Gasteiger partial charge is 0.459 e. The Bertz CT molecular complexity index is 686. The van der Waals surface area contributed by atoms with Crippen LogP contribution in [0.4, 0.5) is 5.69 Å². The van der Waals surface area contributed by atoms with Gasteiger partial charge in [-0.1, -0.05) is 48.5 Å². The lowest BCUT2D eigenvalue weighted by atomic mass is 10.0. The minimum Gasteiger partial charge on any atom is -0.459 e. The van der Waals surface area contributed by atoms with Crippen molar-refractivity contribution in [3.8, 4) is 0 Å². The van der Waals surface area contributed by atoms with Crippen LogP contribution in [0.2, 0.25) is 0 Å². The van der Waals surface area contributed by atoms with E-state index in [4.69, 9.17) is 9.84 Å². The fourth-order valence-electron chi connectivity index (χ4n) is 2.61. The van der Waals surface area contributed by atoms with Gasteiger partial charge in [-0.05, 0) is 17.7 Å². The van der Waals surface area contributed by atoms with E-state index >= 15 is 0 Å². The summed E-state index contributed by atoms with van der Waals surface area (Å²) in [6, 6.07) is 19.7. The van der Waals surface area contributed by atoms with E-state index in [0.29, 0.717) is 12.1 Å². The standard InChI is InChI=1S/C18H18N2O3/c21-11-12-23-18(22)16-13-17(14-7-3-1-4-8-14)20(19-16)15-9-5-2-6-10-15/h1-10,17,21H,11-13H2/t17-/m1/s1. The Morgan fingerprint density at radius 1 is 1.13 bits per heavy atom. The number of esters is 1. The van der Waals surface area contributed by atoms with Crippen LogP contribution in [0.1, 0.15) is 18.0 Å². The molecule has 0 saturated carbocycles.